The summed E-state index contributed by atoms with van der Waals surface area (Å²) in [6.07, 6.45) is 10.7. The Labute approximate surface area is 209 Å². The van der Waals surface area contributed by atoms with Gasteiger partial charge in [0.15, 0.2) is 5.78 Å². The van der Waals surface area contributed by atoms with Gasteiger partial charge in [0.05, 0.1) is 12.1 Å². The molecule has 3 rings (SSSR count). The first kappa shape index (κ1) is 26.5. The van der Waals surface area contributed by atoms with Crippen LogP contribution in [0.3, 0.4) is 0 Å². The van der Waals surface area contributed by atoms with Crippen molar-refractivity contribution in [1.82, 2.24) is 4.57 Å². The average Bonchev–Trinajstić information content (AvgIpc) is 3.22. The van der Waals surface area contributed by atoms with Crippen LogP contribution in [0.2, 0.25) is 0 Å². The number of hydrogen-bond donors (Lipinski definition) is 0. The highest BCUT2D eigenvalue weighted by Gasteiger charge is 2.20. The molecule has 0 aliphatic rings. The topological polar surface area (TPSA) is 57.5 Å². The van der Waals surface area contributed by atoms with Crippen LogP contribution in [0.15, 0.2) is 54.7 Å². The number of hydrogen-bond acceptors (Lipinski definition) is 4. The third kappa shape index (κ3) is 8.27. The van der Waals surface area contributed by atoms with E-state index in [1.807, 2.05) is 61.9 Å². The standard InChI is InChI=1S/C30H39NO4/c1-5-6-7-8-9-10-12-23-15-17-25(18-16-23)34-22-24(32)21-31-20-19-26-27(13-11-14-28(26)31)29(33)35-30(2,3)4/h11,13-20H,5-10,12,21-22H2,1-4H3. The van der Waals surface area contributed by atoms with Gasteiger partial charge in [-0.25, -0.2) is 4.79 Å². The summed E-state index contributed by atoms with van der Waals surface area (Å²) in [5.41, 5.74) is 2.06. The van der Waals surface area contributed by atoms with Gasteiger partial charge in [-0.1, -0.05) is 57.2 Å². The lowest BCUT2D eigenvalue weighted by Crippen LogP contribution is -2.24. The van der Waals surface area contributed by atoms with E-state index in [4.69, 9.17) is 9.47 Å². The van der Waals surface area contributed by atoms with Gasteiger partial charge in [0.1, 0.15) is 18.0 Å². The number of nitrogens with zero attached hydrogens (tertiary/aromatic N) is 1. The third-order valence-electron chi connectivity index (χ3n) is 5.92. The number of benzene rings is 2. The Morgan fingerprint density at radius 1 is 0.886 bits per heavy atom. The molecule has 0 atom stereocenters. The summed E-state index contributed by atoms with van der Waals surface area (Å²) in [5.74, 6) is 0.298. The van der Waals surface area contributed by atoms with E-state index in [0.29, 0.717) is 11.3 Å². The number of esters is 1. The molecule has 0 aliphatic heterocycles. The lowest BCUT2D eigenvalue weighted by atomic mass is 10.0. The SMILES string of the molecule is CCCCCCCCc1ccc(OCC(=O)Cn2ccc3c(C(=O)OC(C)(C)C)cccc32)cc1. The molecule has 0 radical (unpaired) electrons. The normalized spacial score (nSPS) is 11.5. The van der Waals surface area contributed by atoms with Gasteiger partial charge in [0.25, 0.3) is 0 Å². The van der Waals surface area contributed by atoms with E-state index < -0.39 is 5.60 Å². The molecule has 0 saturated heterocycles. The minimum absolute atomic E-state index is 0.00219. The van der Waals surface area contributed by atoms with Gasteiger partial charge in [-0.05, 0) is 69.5 Å². The fourth-order valence-corrected chi connectivity index (χ4v) is 4.13. The second-order valence-corrected chi connectivity index (χ2v) is 10.2. The van der Waals surface area contributed by atoms with Crippen molar-refractivity contribution in [3.8, 4) is 5.75 Å². The predicted molar refractivity (Wildman–Crippen MR) is 141 cm³/mol. The van der Waals surface area contributed by atoms with Crippen molar-refractivity contribution in [1.29, 1.82) is 0 Å². The molecule has 0 bridgehead atoms. The fraction of sp³-hybridized carbons (Fsp3) is 0.467. The summed E-state index contributed by atoms with van der Waals surface area (Å²) in [6, 6.07) is 15.4. The van der Waals surface area contributed by atoms with Crippen molar-refractivity contribution in [2.24, 2.45) is 0 Å². The smallest absolute Gasteiger partial charge is 0.339 e. The molecule has 1 aromatic heterocycles. The number of aryl methyl sites for hydroxylation is 1. The molecule has 0 N–H and O–H groups in total. The molecule has 188 valence electrons. The molecule has 3 aromatic rings. The largest absolute Gasteiger partial charge is 0.486 e. The average molecular weight is 478 g/mol. The van der Waals surface area contributed by atoms with Crippen molar-refractivity contribution in [3.63, 3.8) is 0 Å². The quantitative estimate of drug-likeness (QED) is 0.194. The number of rotatable bonds is 13. The highest BCUT2D eigenvalue weighted by Crippen LogP contribution is 2.23. The summed E-state index contributed by atoms with van der Waals surface area (Å²) >= 11 is 0. The number of ether oxygens (including phenoxy) is 2. The van der Waals surface area contributed by atoms with Crippen LogP contribution >= 0.6 is 0 Å². The van der Waals surface area contributed by atoms with E-state index in [-0.39, 0.29) is 24.9 Å². The molecule has 1 heterocycles. The first-order chi connectivity index (χ1) is 16.8. The van der Waals surface area contributed by atoms with Gasteiger partial charge < -0.3 is 14.0 Å². The first-order valence-corrected chi connectivity index (χ1v) is 12.8. The van der Waals surface area contributed by atoms with Crippen LogP contribution in [-0.2, 0) is 22.5 Å². The van der Waals surface area contributed by atoms with Crippen LogP contribution in [0.5, 0.6) is 5.75 Å². The highest BCUT2D eigenvalue weighted by atomic mass is 16.6. The maximum absolute atomic E-state index is 12.6. The summed E-state index contributed by atoms with van der Waals surface area (Å²) in [4.78, 5) is 25.2. The van der Waals surface area contributed by atoms with E-state index in [9.17, 15) is 9.59 Å². The zero-order chi connectivity index (χ0) is 25.3. The minimum atomic E-state index is -0.568. The minimum Gasteiger partial charge on any atom is -0.486 e. The van der Waals surface area contributed by atoms with Gasteiger partial charge in [0.2, 0.25) is 0 Å². The molecule has 0 aliphatic carbocycles. The van der Waals surface area contributed by atoms with E-state index in [2.05, 4.69) is 19.1 Å². The summed E-state index contributed by atoms with van der Waals surface area (Å²) < 4.78 is 13.1. The van der Waals surface area contributed by atoms with Crippen LogP contribution in [0.25, 0.3) is 10.9 Å². The number of fused-ring (bicyclic) bond motifs is 1. The van der Waals surface area contributed by atoms with E-state index in [1.54, 1.807) is 6.07 Å². The van der Waals surface area contributed by atoms with Crippen molar-refractivity contribution >= 4 is 22.7 Å². The van der Waals surface area contributed by atoms with Crippen LogP contribution in [0.1, 0.15) is 82.1 Å². The van der Waals surface area contributed by atoms with Crippen molar-refractivity contribution < 1.29 is 19.1 Å². The molecule has 5 heteroatoms. The predicted octanol–water partition coefficient (Wildman–Crippen LogP) is 7.15. The maximum Gasteiger partial charge on any atom is 0.339 e. The molecule has 0 unspecified atom stereocenters. The van der Waals surface area contributed by atoms with Gasteiger partial charge in [-0.3, -0.25) is 4.79 Å². The number of ketones is 1. The Hall–Kier alpha value is -3.08. The second kappa shape index (κ2) is 12.6. The Balaban J connectivity index is 1.50. The molecule has 0 amide bonds. The van der Waals surface area contributed by atoms with Gasteiger partial charge >= 0.3 is 5.97 Å². The molecule has 2 aromatic carbocycles. The van der Waals surface area contributed by atoms with E-state index >= 15 is 0 Å². The third-order valence-corrected chi connectivity index (χ3v) is 5.92. The number of carbonyl (C=O) groups excluding carboxylic acids is 2. The highest BCUT2D eigenvalue weighted by molar-refractivity contribution is 6.04. The van der Waals surface area contributed by atoms with Crippen molar-refractivity contribution in [2.75, 3.05) is 6.61 Å². The molecule has 35 heavy (non-hydrogen) atoms. The Morgan fingerprint density at radius 2 is 1.60 bits per heavy atom. The number of aromatic nitrogens is 1. The maximum atomic E-state index is 12.6. The number of carbonyl (C=O) groups is 2. The summed E-state index contributed by atoms with van der Waals surface area (Å²) in [7, 11) is 0. The zero-order valence-electron chi connectivity index (χ0n) is 21.6. The lowest BCUT2D eigenvalue weighted by molar-refractivity contribution is -0.121. The van der Waals surface area contributed by atoms with Gasteiger partial charge in [0, 0.05) is 17.1 Å². The molecule has 0 saturated carbocycles. The number of Topliss-reactive ketones (excluding diaryl/α,β-unsaturated/α-hetero) is 1. The van der Waals surface area contributed by atoms with Crippen LogP contribution in [0, 0.1) is 0 Å². The molecule has 5 nitrogen and oxygen atoms in total. The Morgan fingerprint density at radius 3 is 2.31 bits per heavy atom. The lowest BCUT2D eigenvalue weighted by Gasteiger charge is -2.19. The zero-order valence-corrected chi connectivity index (χ0v) is 21.6. The molecule has 0 spiro atoms. The Bertz CT molecular complexity index is 1110. The molecular formula is C30H39NO4. The number of unbranched alkanes of at least 4 members (excludes halogenated alkanes) is 5. The fourth-order valence-electron chi connectivity index (χ4n) is 4.13. The van der Waals surface area contributed by atoms with Gasteiger partial charge in [-0.2, -0.15) is 0 Å². The van der Waals surface area contributed by atoms with Gasteiger partial charge in [-0.15, -0.1) is 0 Å². The summed E-state index contributed by atoms with van der Waals surface area (Å²) in [6.45, 7) is 7.96. The van der Waals surface area contributed by atoms with Crippen LogP contribution in [0.4, 0.5) is 0 Å². The summed E-state index contributed by atoms with van der Waals surface area (Å²) in [5, 5.41) is 0.774. The second-order valence-electron chi connectivity index (χ2n) is 10.2. The molecular weight excluding hydrogens is 438 g/mol. The van der Waals surface area contributed by atoms with Crippen LogP contribution in [-0.4, -0.2) is 28.5 Å². The first-order valence-electron chi connectivity index (χ1n) is 12.8. The van der Waals surface area contributed by atoms with Crippen molar-refractivity contribution in [3.05, 3.63) is 65.9 Å². The van der Waals surface area contributed by atoms with Crippen LogP contribution < -0.4 is 4.74 Å². The van der Waals surface area contributed by atoms with Crippen molar-refractivity contribution in [2.45, 2.75) is 84.8 Å². The monoisotopic (exact) mass is 477 g/mol. The van der Waals surface area contributed by atoms with E-state index in [0.717, 1.165) is 17.3 Å². The molecule has 0 fully saturated rings. The van der Waals surface area contributed by atoms with E-state index in [1.165, 1.54) is 44.1 Å². The Kier molecular flexibility index (Phi) is 9.53.